The number of methoxy groups -OCH3 is 1. The minimum atomic E-state index is 0.0215. The fourth-order valence-corrected chi connectivity index (χ4v) is 3.47. The molecule has 2 aliphatic rings. The molecule has 1 heterocycles. The molecule has 3 atom stereocenters. The summed E-state index contributed by atoms with van der Waals surface area (Å²) in [6, 6.07) is 8.06. The summed E-state index contributed by atoms with van der Waals surface area (Å²) < 4.78 is 5.13. The van der Waals surface area contributed by atoms with E-state index in [-0.39, 0.29) is 22.7 Å². The predicted octanol–water partition coefficient (Wildman–Crippen LogP) is 2.36. The van der Waals surface area contributed by atoms with Gasteiger partial charge in [0, 0.05) is 6.54 Å². The van der Waals surface area contributed by atoms with Crippen LogP contribution in [-0.2, 0) is 11.3 Å². The van der Waals surface area contributed by atoms with Crippen LogP contribution in [0, 0.1) is 5.92 Å². The highest BCUT2D eigenvalue weighted by molar-refractivity contribution is 9.09. The van der Waals surface area contributed by atoms with Gasteiger partial charge >= 0.3 is 0 Å². The molecule has 1 aliphatic heterocycles. The smallest absolute Gasteiger partial charge is 0.231 e. The van der Waals surface area contributed by atoms with Crippen LogP contribution in [0.25, 0.3) is 0 Å². The van der Waals surface area contributed by atoms with Crippen molar-refractivity contribution >= 4 is 21.8 Å². The molecule has 0 aromatic heterocycles. The number of ether oxygens (including phenoxy) is 1. The van der Waals surface area contributed by atoms with Gasteiger partial charge < -0.3 is 9.64 Å². The number of hydrogen-bond acceptors (Lipinski definition) is 2. The Bertz CT molecular complexity index is 497. The molecule has 94 valence electrons. The Morgan fingerprint density at radius 1 is 1.28 bits per heavy atom. The summed E-state index contributed by atoms with van der Waals surface area (Å²) in [5, 5.41) is 0. The van der Waals surface area contributed by atoms with Gasteiger partial charge in [0.25, 0.3) is 0 Å². The Morgan fingerprint density at radius 3 is 2.56 bits per heavy atom. The SMILES string of the molecule is COc1ccc(CN2C(=O)C3C=CC2C3Br)cc1. The van der Waals surface area contributed by atoms with Crippen LogP contribution in [0.15, 0.2) is 36.4 Å². The number of nitrogens with zero attached hydrogens (tertiary/aromatic N) is 1. The molecule has 18 heavy (non-hydrogen) atoms. The first-order chi connectivity index (χ1) is 8.70. The van der Waals surface area contributed by atoms with E-state index in [0.29, 0.717) is 6.54 Å². The molecular formula is C14H14BrNO2. The van der Waals surface area contributed by atoms with Gasteiger partial charge in [-0.05, 0) is 17.7 Å². The standard InChI is InChI=1S/C14H14BrNO2/c1-18-10-4-2-9(3-5-10)8-16-12-7-6-11(13(12)15)14(16)17/h2-7,11-13H,8H2,1H3. The highest BCUT2D eigenvalue weighted by Crippen LogP contribution is 2.39. The van der Waals surface area contributed by atoms with Crippen molar-refractivity contribution in [1.29, 1.82) is 0 Å². The zero-order valence-corrected chi connectivity index (χ0v) is 11.6. The van der Waals surface area contributed by atoms with Gasteiger partial charge in [0.15, 0.2) is 0 Å². The maximum atomic E-state index is 12.1. The van der Waals surface area contributed by atoms with Gasteiger partial charge in [-0.15, -0.1) is 0 Å². The van der Waals surface area contributed by atoms with Gasteiger partial charge in [-0.1, -0.05) is 40.2 Å². The second-order valence-corrected chi connectivity index (χ2v) is 5.72. The summed E-state index contributed by atoms with van der Waals surface area (Å²) in [7, 11) is 1.65. The molecule has 1 aromatic carbocycles. The number of benzene rings is 1. The molecule has 3 rings (SSSR count). The lowest BCUT2D eigenvalue weighted by Crippen LogP contribution is -2.34. The number of rotatable bonds is 3. The fourth-order valence-electron chi connectivity index (χ4n) is 2.60. The van der Waals surface area contributed by atoms with Crippen molar-refractivity contribution in [1.82, 2.24) is 4.90 Å². The van der Waals surface area contributed by atoms with Crippen molar-refractivity contribution < 1.29 is 9.53 Å². The third-order valence-corrected chi connectivity index (χ3v) is 4.74. The van der Waals surface area contributed by atoms with Crippen molar-refractivity contribution in [3.8, 4) is 5.75 Å². The van der Waals surface area contributed by atoms with Gasteiger partial charge in [-0.3, -0.25) is 4.79 Å². The highest BCUT2D eigenvalue weighted by atomic mass is 79.9. The molecule has 1 amide bonds. The summed E-state index contributed by atoms with van der Waals surface area (Å²) in [6.07, 6.45) is 4.13. The molecular weight excluding hydrogens is 294 g/mol. The van der Waals surface area contributed by atoms with Crippen LogP contribution in [0.1, 0.15) is 5.56 Å². The molecule has 4 heteroatoms. The minimum absolute atomic E-state index is 0.0215. The lowest BCUT2D eigenvalue weighted by molar-refractivity contribution is -0.131. The van der Waals surface area contributed by atoms with E-state index in [4.69, 9.17) is 4.74 Å². The van der Waals surface area contributed by atoms with E-state index in [1.807, 2.05) is 35.2 Å². The van der Waals surface area contributed by atoms with E-state index in [1.54, 1.807) is 7.11 Å². The zero-order valence-electron chi connectivity index (χ0n) is 10.0. The maximum Gasteiger partial charge on any atom is 0.231 e. The molecule has 0 N–H and O–H groups in total. The summed E-state index contributed by atoms with van der Waals surface area (Å²) >= 11 is 3.60. The van der Waals surface area contributed by atoms with Gasteiger partial charge in [0.2, 0.25) is 5.91 Å². The molecule has 3 nitrogen and oxygen atoms in total. The average Bonchev–Trinajstić information content (AvgIpc) is 2.86. The summed E-state index contributed by atoms with van der Waals surface area (Å²) in [5.74, 6) is 1.08. The lowest BCUT2D eigenvalue weighted by Gasteiger charge is -2.24. The first kappa shape index (κ1) is 11.8. The van der Waals surface area contributed by atoms with E-state index in [1.165, 1.54) is 0 Å². The molecule has 0 spiro atoms. The van der Waals surface area contributed by atoms with Crippen molar-refractivity contribution in [2.24, 2.45) is 5.92 Å². The number of fused-ring (bicyclic) bond motifs is 2. The van der Waals surface area contributed by atoms with E-state index in [2.05, 4.69) is 22.0 Å². The third kappa shape index (κ3) is 1.75. The molecule has 1 saturated heterocycles. The first-order valence-electron chi connectivity index (χ1n) is 5.96. The van der Waals surface area contributed by atoms with E-state index < -0.39 is 0 Å². The fraction of sp³-hybridized carbons (Fsp3) is 0.357. The Morgan fingerprint density at radius 2 is 2.00 bits per heavy atom. The van der Waals surface area contributed by atoms with Crippen LogP contribution < -0.4 is 4.74 Å². The average molecular weight is 308 g/mol. The molecule has 1 aromatic rings. The quantitative estimate of drug-likeness (QED) is 0.634. The monoisotopic (exact) mass is 307 g/mol. The number of carbonyl (C=O) groups excluding carboxylic acids is 1. The number of likely N-dealkylation sites (tertiary alicyclic amines) is 1. The summed E-state index contributed by atoms with van der Waals surface area (Å²) in [4.78, 5) is 14.3. The van der Waals surface area contributed by atoms with Crippen LogP contribution in [-0.4, -0.2) is 28.8 Å². The second-order valence-electron chi connectivity index (χ2n) is 4.66. The number of carbonyl (C=O) groups is 1. The van der Waals surface area contributed by atoms with Crippen LogP contribution in [0.4, 0.5) is 0 Å². The van der Waals surface area contributed by atoms with Crippen molar-refractivity contribution in [2.45, 2.75) is 17.4 Å². The first-order valence-corrected chi connectivity index (χ1v) is 6.88. The van der Waals surface area contributed by atoms with E-state index >= 15 is 0 Å². The maximum absolute atomic E-state index is 12.1. The molecule has 2 bridgehead atoms. The number of amides is 1. The van der Waals surface area contributed by atoms with Gasteiger partial charge in [-0.25, -0.2) is 0 Å². The van der Waals surface area contributed by atoms with Crippen LogP contribution in [0.2, 0.25) is 0 Å². The Labute approximate surface area is 115 Å². The number of hydrogen-bond donors (Lipinski definition) is 0. The third-order valence-electron chi connectivity index (χ3n) is 3.63. The normalized spacial score (nSPS) is 29.1. The van der Waals surface area contributed by atoms with Crippen molar-refractivity contribution in [2.75, 3.05) is 7.11 Å². The van der Waals surface area contributed by atoms with Crippen LogP contribution in [0.5, 0.6) is 5.75 Å². The summed E-state index contributed by atoms with van der Waals surface area (Å²) in [5.41, 5.74) is 1.13. The zero-order chi connectivity index (χ0) is 12.7. The summed E-state index contributed by atoms with van der Waals surface area (Å²) in [6.45, 7) is 0.663. The minimum Gasteiger partial charge on any atom is -0.497 e. The number of alkyl halides is 1. The highest BCUT2D eigenvalue weighted by Gasteiger charge is 2.47. The van der Waals surface area contributed by atoms with Gasteiger partial charge in [-0.2, -0.15) is 0 Å². The van der Waals surface area contributed by atoms with Gasteiger partial charge in [0.1, 0.15) is 5.75 Å². The predicted molar refractivity (Wildman–Crippen MR) is 72.7 cm³/mol. The Hall–Kier alpha value is -1.29. The van der Waals surface area contributed by atoms with Crippen molar-refractivity contribution in [3.05, 3.63) is 42.0 Å². The largest absolute Gasteiger partial charge is 0.497 e. The van der Waals surface area contributed by atoms with Gasteiger partial charge in [0.05, 0.1) is 23.9 Å². The van der Waals surface area contributed by atoms with Crippen molar-refractivity contribution in [3.63, 3.8) is 0 Å². The molecule has 0 radical (unpaired) electrons. The Kier molecular flexibility index (Phi) is 2.90. The van der Waals surface area contributed by atoms with Crippen LogP contribution in [0.3, 0.4) is 0 Å². The molecule has 3 unspecified atom stereocenters. The van der Waals surface area contributed by atoms with Crippen LogP contribution >= 0.6 is 15.9 Å². The molecule has 0 saturated carbocycles. The molecule has 1 fully saturated rings. The topological polar surface area (TPSA) is 29.5 Å². The molecule has 1 aliphatic carbocycles. The number of halogens is 1. The second kappa shape index (κ2) is 4.43. The van der Waals surface area contributed by atoms with E-state index in [0.717, 1.165) is 11.3 Å². The Balaban J connectivity index is 1.77. The van der Waals surface area contributed by atoms with E-state index in [9.17, 15) is 4.79 Å². The lowest BCUT2D eigenvalue weighted by atomic mass is 10.1.